The molecule has 0 aromatic heterocycles. The van der Waals surface area contributed by atoms with Crippen LogP contribution in [-0.4, -0.2) is 45.1 Å². The minimum atomic E-state index is -3.96. The molecule has 0 spiro atoms. The minimum Gasteiger partial charge on any atom is -0.493 e. The number of aryl methyl sites for hydroxylation is 1. The summed E-state index contributed by atoms with van der Waals surface area (Å²) in [6, 6.07) is 18.5. The summed E-state index contributed by atoms with van der Waals surface area (Å²) in [6.07, 6.45) is 1.44. The number of hydrogen-bond donors (Lipinski definition) is 1. The molecule has 0 aliphatic heterocycles. The van der Waals surface area contributed by atoms with E-state index in [9.17, 15) is 13.2 Å². The van der Waals surface area contributed by atoms with Crippen LogP contribution in [0, 0.1) is 6.92 Å². The van der Waals surface area contributed by atoms with E-state index in [1.807, 2.05) is 13.8 Å². The first-order chi connectivity index (χ1) is 17.2. The summed E-state index contributed by atoms with van der Waals surface area (Å²) < 4.78 is 38.6. The summed E-state index contributed by atoms with van der Waals surface area (Å²) in [6.45, 7) is 3.80. The Morgan fingerprint density at radius 2 is 1.75 bits per heavy atom. The number of hydrogen-bond acceptors (Lipinski definition) is 6. The Balaban J connectivity index is 1.76. The predicted molar refractivity (Wildman–Crippen MR) is 140 cm³/mol. The molecule has 1 N–H and O–H groups in total. The van der Waals surface area contributed by atoms with Crippen molar-refractivity contribution in [1.82, 2.24) is 9.73 Å². The summed E-state index contributed by atoms with van der Waals surface area (Å²) >= 11 is 5.96. The minimum absolute atomic E-state index is 0.0133. The van der Waals surface area contributed by atoms with Crippen LogP contribution in [0.25, 0.3) is 0 Å². The molecule has 3 aromatic carbocycles. The van der Waals surface area contributed by atoms with Crippen molar-refractivity contribution in [3.8, 4) is 11.5 Å². The van der Waals surface area contributed by atoms with Crippen LogP contribution in [0.5, 0.6) is 11.5 Å². The zero-order valence-corrected chi connectivity index (χ0v) is 21.8. The van der Waals surface area contributed by atoms with Gasteiger partial charge < -0.3 is 9.47 Å². The molecule has 3 rings (SSSR count). The Kier molecular flexibility index (Phi) is 9.46. The average Bonchev–Trinajstić information content (AvgIpc) is 2.86. The number of nitrogens with one attached hydrogen (secondary N) is 1. The van der Waals surface area contributed by atoms with Crippen LogP contribution in [0.1, 0.15) is 23.6 Å². The maximum absolute atomic E-state index is 13.4. The van der Waals surface area contributed by atoms with Gasteiger partial charge in [0, 0.05) is 11.6 Å². The number of benzene rings is 3. The van der Waals surface area contributed by atoms with Crippen LogP contribution in [0.3, 0.4) is 0 Å². The molecule has 0 heterocycles. The van der Waals surface area contributed by atoms with Gasteiger partial charge in [0.05, 0.1) is 31.4 Å². The number of methoxy groups -OCH3 is 1. The fourth-order valence-corrected chi connectivity index (χ4v) is 4.80. The van der Waals surface area contributed by atoms with Gasteiger partial charge in [0.15, 0.2) is 11.5 Å². The number of carbonyl (C=O) groups excluding carboxylic acids is 1. The number of halogens is 1. The van der Waals surface area contributed by atoms with Crippen LogP contribution < -0.4 is 14.9 Å². The van der Waals surface area contributed by atoms with Crippen molar-refractivity contribution in [2.45, 2.75) is 25.3 Å². The number of sulfonamides is 1. The number of rotatable bonds is 11. The Bertz CT molecular complexity index is 1310. The van der Waals surface area contributed by atoms with E-state index in [1.165, 1.54) is 25.5 Å². The highest BCUT2D eigenvalue weighted by atomic mass is 35.5. The molecule has 0 saturated heterocycles. The summed E-state index contributed by atoms with van der Waals surface area (Å²) in [5, 5.41) is 4.50. The van der Waals surface area contributed by atoms with Gasteiger partial charge in [-0.15, -0.1) is 0 Å². The third-order valence-electron chi connectivity index (χ3n) is 5.14. The van der Waals surface area contributed by atoms with Gasteiger partial charge in [-0.1, -0.05) is 41.4 Å². The molecular formula is C26H28ClN3O5S. The molecule has 0 bridgehead atoms. The standard InChI is InChI=1S/C26H28ClN3O5S/c1-4-35-24-14-9-21(15-25(24)34-3)16-28-29-26(31)18-30(17-20-7-10-22(27)11-8-20)36(32,33)23-12-5-19(2)6-13-23/h5-16H,4,17-18H2,1-3H3,(H,29,31)/b28-16-. The van der Waals surface area contributed by atoms with Gasteiger partial charge in [-0.2, -0.15) is 9.41 Å². The van der Waals surface area contributed by atoms with Gasteiger partial charge in [-0.25, -0.2) is 13.8 Å². The molecule has 1 amide bonds. The molecular weight excluding hydrogens is 502 g/mol. The van der Waals surface area contributed by atoms with E-state index in [0.717, 1.165) is 9.87 Å². The third kappa shape index (κ3) is 7.30. The lowest BCUT2D eigenvalue weighted by Gasteiger charge is -2.21. The van der Waals surface area contributed by atoms with Crippen LogP contribution in [0.2, 0.25) is 5.02 Å². The van der Waals surface area contributed by atoms with E-state index >= 15 is 0 Å². The Morgan fingerprint density at radius 1 is 1.06 bits per heavy atom. The number of ether oxygens (including phenoxy) is 2. The van der Waals surface area contributed by atoms with E-state index < -0.39 is 22.5 Å². The summed E-state index contributed by atoms with van der Waals surface area (Å²) in [4.78, 5) is 12.8. The predicted octanol–water partition coefficient (Wildman–Crippen LogP) is 4.40. The molecule has 36 heavy (non-hydrogen) atoms. The maximum atomic E-state index is 13.4. The van der Waals surface area contributed by atoms with Crippen molar-refractivity contribution in [2.75, 3.05) is 20.3 Å². The van der Waals surface area contributed by atoms with Crippen molar-refractivity contribution in [3.05, 3.63) is 88.4 Å². The second-order valence-corrected chi connectivity index (χ2v) is 10.2. The Labute approximate surface area is 216 Å². The van der Waals surface area contributed by atoms with Crippen LogP contribution in [0.15, 0.2) is 76.7 Å². The first kappa shape index (κ1) is 27.2. The molecule has 0 atom stereocenters. The second kappa shape index (κ2) is 12.5. The Morgan fingerprint density at radius 3 is 2.39 bits per heavy atom. The molecule has 0 saturated carbocycles. The number of nitrogens with zero attached hydrogens (tertiary/aromatic N) is 2. The van der Waals surface area contributed by atoms with Crippen molar-refractivity contribution < 1.29 is 22.7 Å². The van der Waals surface area contributed by atoms with Gasteiger partial charge >= 0.3 is 0 Å². The lowest BCUT2D eigenvalue weighted by atomic mass is 10.2. The van der Waals surface area contributed by atoms with Gasteiger partial charge in [0.2, 0.25) is 10.0 Å². The van der Waals surface area contributed by atoms with E-state index in [4.69, 9.17) is 21.1 Å². The number of hydrazone groups is 1. The van der Waals surface area contributed by atoms with E-state index in [0.29, 0.717) is 34.3 Å². The van der Waals surface area contributed by atoms with Crippen molar-refractivity contribution >= 4 is 33.7 Å². The molecule has 3 aromatic rings. The van der Waals surface area contributed by atoms with E-state index in [1.54, 1.807) is 54.6 Å². The molecule has 0 aliphatic carbocycles. The van der Waals surface area contributed by atoms with Crippen molar-refractivity contribution in [1.29, 1.82) is 0 Å². The molecule has 8 nitrogen and oxygen atoms in total. The number of carbonyl (C=O) groups is 1. The van der Waals surface area contributed by atoms with Gasteiger partial charge in [-0.05, 0) is 67.4 Å². The maximum Gasteiger partial charge on any atom is 0.255 e. The monoisotopic (exact) mass is 529 g/mol. The fourth-order valence-electron chi connectivity index (χ4n) is 3.29. The zero-order valence-electron chi connectivity index (χ0n) is 20.3. The van der Waals surface area contributed by atoms with Crippen molar-refractivity contribution in [2.24, 2.45) is 5.10 Å². The molecule has 0 unspecified atom stereocenters. The lowest BCUT2D eigenvalue weighted by molar-refractivity contribution is -0.121. The van der Waals surface area contributed by atoms with E-state index in [2.05, 4.69) is 10.5 Å². The molecule has 0 radical (unpaired) electrons. The van der Waals surface area contributed by atoms with E-state index in [-0.39, 0.29) is 11.4 Å². The quantitative estimate of drug-likeness (QED) is 0.293. The van der Waals surface area contributed by atoms with Gasteiger partial charge in [-0.3, -0.25) is 4.79 Å². The lowest BCUT2D eigenvalue weighted by Crippen LogP contribution is -2.39. The summed E-state index contributed by atoms with van der Waals surface area (Å²) in [7, 11) is -2.43. The third-order valence-corrected chi connectivity index (χ3v) is 7.20. The Hall–Kier alpha value is -3.40. The molecule has 0 fully saturated rings. The number of amides is 1. The topological polar surface area (TPSA) is 97.3 Å². The molecule has 190 valence electrons. The second-order valence-electron chi connectivity index (χ2n) is 7.85. The summed E-state index contributed by atoms with van der Waals surface area (Å²) in [5.41, 5.74) is 4.68. The molecule has 10 heteroatoms. The average molecular weight is 530 g/mol. The fraction of sp³-hybridized carbons (Fsp3) is 0.231. The van der Waals surface area contributed by atoms with Crippen LogP contribution in [-0.2, 0) is 21.4 Å². The van der Waals surface area contributed by atoms with Crippen LogP contribution in [0.4, 0.5) is 0 Å². The molecule has 0 aliphatic rings. The van der Waals surface area contributed by atoms with Crippen molar-refractivity contribution in [3.63, 3.8) is 0 Å². The van der Waals surface area contributed by atoms with Crippen LogP contribution >= 0.6 is 11.6 Å². The smallest absolute Gasteiger partial charge is 0.255 e. The largest absolute Gasteiger partial charge is 0.493 e. The highest BCUT2D eigenvalue weighted by Gasteiger charge is 2.27. The van der Waals surface area contributed by atoms with Gasteiger partial charge in [0.1, 0.15) is 0 Å². The highest BCUT2D eigenvalue weighted by Crippen LogP contribution is 2.27. The normalized spacial score (nSPS) is 11.6. The first-order valence-electron chi connectivity index (χ1n) is 11.2. The summed E-state index contributed by atoms with van der Waals surface area (Å²) in [5.74, 6) is 0.541. The van der Waals surface area contributed by atoms with Gasteiger partial charge in [0.25, 0.3) is 5.91 Å². The highest BCUT2D eigenvalue weighted by molar-refractivity contribution is 7.89. The SMILES string of the molecule is CCOc1ccc(/C=N\NC(=O)CN(Cc2ccc(Cl)cc2)S(=O)(=O)c2ccc(C)cc2)cc1OC. The first-order valence-corrected chi connectivity index (χ1v) is 13.0. The zero-order chi connectivity index (χ0) is 26.1.